The Morgan fingerprint density at radius 2 is 1.86 bits per heavy atom. The Labute approximate surface area is 181 Å². The highest BCUT2D eigenvalue weighted by Crippen LogP contribution is 2.41. The third kappa shape index (κ3) is 3.81. The second-order valence-electron chi connectivity index (χ2n) is 7.36. The molecule has 1 saturated heterocycles. The molecule has 2 heterocycles. The number of nitrogens with zero attached hydrogens (tertiary/aromatic N) is 3. The normalized spacial score (nSPS) is 16.2. The molecule has 1 aliphatic carbocycles. The number of aryl methyl sites for hydroxylation is 2. The minimum absolute atomic E-state index is 0.0696. The van der Waals surface area contributed by atoms with E-state index in [1.54, 1.807) is 25.3 Å². The summed E-state index contributed by atoms with van der Waals surface area (Å²) in [6.45, 7) is 2.87. The maximum absolute atomic E-state index is 11.7. The van der Waals surface area contributed by atoms with Crippen LogP contribution in [0.1, 0.15) is 42.1 Å². The molecular weight excluding hydrogens is 458 g/mol. The molecule has 8 heteroatoms. The summed E-state index contributed by atoms with van der Waals surface area (Å²) in [4.78, 5) is 29.3. The molecule has 1 fully saturated rings. The molecule has 2 aromatic rings. The van der Waals surface area contributed by atoms with E-state index in [9.17, 15) is 14.9 Å². The van der Waals surface area contributed by atoms with Crippen LogP contribution in [0.2, 0.25) is 5.02 Å². The van der Waals surface area contributed by atoms with E-state index in [1.165, 1.54) is 5.57 Å². The number of carbonyl (C=O) groups is 1. The van der Waals surface area contributed by atoms with E-state index in [-0.39, 0.29) is 16.6 Å². The van der Waals surface area contributed by atoms with Crippen molar-refractivity contribution in [3.05, 3.63) is 72.0 Å². The Hall–Kier alpha value is -2.25. The van der Waals surface area contributed by atoms with E-state index >= 15 is 0 Å². The van der Waals surface area contributed by atoms with E-state index in [2.05, 4.69) is 22.0 Å². The van der Waals surface area contributed by atoms with Gasteiger partial charge in [-0.05, 0) is 70.4 Å². The van der Waals surface area contributed by atoms with Gasteiger partial charge >= 0.3 is 0 Å². The van der Waals surface area contributed by atoms with Crippen LogP contribution < -0.4 is 0 Å². The molecule has 1 aromatic carbocycles. The third-order valence-corrected chi connectivity index (χ3v) is 6.37. The molecule has 0 N–H and O–H groups in total. The van der Waals surface area contributed by atoms with E-state index in [0.29, 0.717) is 13.1 Å². The monoisotopic (exact) mass is 475 g/mol. The number of piperidine rings is 1. The number of halogens is 2. The molecule has 1 aromatic heterocycles. The summed E-state index contributed by atoms with van der Waals surface area (Å²) >= 11 is 9.71. The summed E-state index contributed by atoms with van der Waals surface area (Å²) in [6.07, 6.45) is 4.72. The molecule has 29 heavy (non-hydrogen) atoms. The van der Waals surface area contributed by atoms with Crippen molar-refractivity contribution in [2.75, 3.05) is 13.1 Å². The van der Waals surface area contributed by atoms with E-state index in [1.807, 2.05) is 4.90 Å². The predicted octanol–water partition coefficient (Wildman–Crippen LogP) is 4.95. The minimum atomic E-state index is -0.440. The van der Waals surface area contributed by atoms with Gasteiger partial charge < -0.3 is 4.90 Å². The second kappa shape index (κ2) is 7.88. The second-order valence-corrected chi connectivity index (χ2v) is 8.69. The van der Waals surface area contributed by atoms with Gasteiger partial charge in [0, 0.05) is 42.3 Å². The quantitative estimate of drug-likeness (QED) is 0.431. The van der Waals surface area contributed by atoms with Crippen LogP contribution in [0, 0.1) is 10.1 Å². The highest BCUT2D eigenvalue weighted by Gasteiger charge is 2.28. The molecule has 0 bridgehead atoms. The number of nitro benzene ring substituents is 1. The van der Waals surface area contributed by atoms with Crippen molar-refractivity contribution < 1.29 is 9.72 Å². The van der Waals surface area contributed by atoms with Crippen LogP contribution in [-0.2, 0) is 17.6 Å². The van der Waals surface area contributed by atoms with Crippen molar-refractivity contribution >= 4 is 44.7 Å². The summed E-state index contributed by atoms with van der Waals surface area (Å²) in [5.74, 6) is 0.0696. The Balaban J connectivity index is 1.93. The molecule has 1 aliphatic heterocycles. The Morgan fingerprint density at radius 3 is 2.52 bits per heavy atom. The third-order valence-electron chi connectivity index (χ3n) is 5.64. The molecule has 0 atom stereocenters. The molecule has 150 valence electrons. The summed E-state index contributed by atoms with van der Waals surface area (Å²) in [5.41, 5.74) is 5.85. The first kappa shape index (κ1) is 20.0. The zero-order chi connectivity index (χ0) is 20.7. The average molecular weight is 477 g/mol. The first-order chi connectivity index (χ1) is 13.8. The number of hydrogen-bond acceptors (Lipinski definition) is 4. The van der Waals surface area contributed by atoms with Crippen LogP contribution in [-0.4, -0.2) is 33.8 Å². The lowest BCUT2D eigenvalue weighted by atomic mass is 9.88. The fraction of sp³-hybridized carbons (Fsp3) is 0.333. The van der Waals surface area contributed by atoms with Gasteiger partial charge in [0.05, 0.1) is 10.6 Å². The maximum atomic E-state index is 11.7. The van der Waals surface area contributed by atoms with Crippen molar-refractivity contribution in [1.29, 1.82) is 0 Å². The fourth-order valence-corrected chi connectivity index (χ4v) is 4.81. The standard InChI is InChI=1S/C21H19BrClN3O3/c1-12(27)25-6-4-13(5-7-25)20-17-10-19(26(28)29)18(23)9-14(17)2-3-15-8-16(22)11-24-21(15)20/h8-11H,2-7H2,1H3. The summed E-state index contributed by atoms with van der Waals surface area (Å²) in [6, 6.07) is 5.38. The molecular formula is C21H19BrClN3O3. The number of aromatic nitrogens is 1. The number of pyridine rings is 1. The molecule has 2 aliphatic rings. The van der Waals surface area contributed by atoms with Crippen LogP contribution in [0.5, 0.6) is 0 Å². The highest BCUT2D eigenvalue weighted by atomic mass is 79.9. The summed E-state index contributed by atoms with van der Waals surface area (Å²) in [5, 5.41) is 11.7. The lowest BCUT2D eigenvalue weighted by Crippen LogP contribution is -2.34. The van der Waals surface area contributed by atoms with Gasteiger partial charge in [0.2, 0.25) is 5.91 Å². The molecule has 0 saturated carbocycles. The highest BCUT2D eigenvalue weighted by molar-refractivity contribution is 9.10. The first-order valence-corrected chi connectivity index (χ1v) is 10.6. The van der Waals surface area contributed by atoms with E-state index in [4.69, 9.17) is 16.6 Å². The van der Waals surface area contributed by atoms with Crippen molar-refractivity contribution in [2.24, 2.45) is 0 Å². The number of carbonyl (C=O) groups excluding carboxylic acids is 1. The van der Waals surface area contributed by atoms with Crippen molar-refractivity contribution in [2.45, 2.75) is 32.6 Å². The predicted molar refractivity (Wildman–Crippen MR) is 115 cm³/mol. The number of rotatable bonds is 1. The van der Waals surface area contributed by atoms with Crippen molar-refractivity contribution in [3.63, 3.8) is 0 Å². The molecule has 4 rings (SSSR count). The zero-order valence-corrected chi connectivity index (χ0v) is 18.2. The number of nitro groups is 1. The largest absolute Gasteiger partial charge is 0.342 e. The van der Waals surface area contributed by atoms with Crippen LogP contribution in [0.25, 0.3) is 5.57 Å². The van der Waals surface area contributed by atoms with Crippen LogP contribution >= 0.6 is 27.5 Å². The van der Waals surface area contributed by atoms with Gasteiger partial charge in [-0.3, -0.25) is 19.9 Å². The summed E-state index contributed by atoms with van der Waals surface area (Å²) < 4.78 is 0.905. The average Bonchev–Trinajstić information content (AvgIpc) is 2.83. The molecule has 0 radical (unpaired) electrons. The number of likely N-dealkylation sites (tertiary alicyclic amines) is 1. The van der Waals surface area contributed by atoms with Crippen LogP contribution in [0.4, 0.5) is 5.69 Å². The smallest absolute Gasteiger partial charge is 0.288 e. The number of fused-ring (bicyclic) bond motifs is 2. The van der Waals surface area contributed by atoms with Gasteiger partial charge in [0.1, 0.15) is 5.02 Å². The SMILES string of the molecule is CC(=O)N1CCC(=C2c3cc([N+](=O)[O-])c(Cl)cc3CCc3cc(Br)cnc32)CC1. The minimum Gasteiger partial charge on any atom is -0.342 e. The van der Waals surface area contributed by atoms with Crippen molar-refractivity contribution in [1.82, 2.24) is 9.88 Å². The fourth-order valence-electron chi connectivity index (χ4n) is 4.18. The lowest BCUT2D eigenvalue weighted by Gasteiger charge is -2.29. The number of hydrogen-bond donors (Lipinski definition) is 0. The Bertz CT molecular complexity index is 1060. The molecule has 6 nitrogen and oxygen atoms in total. The number of benzene rings is 1. The van der Waals surface area contributed by atoms with Gasteiger partial charge in [0.25, 0.3) is 5.69 Å². The Morgan fingerprint density at radius 1 is 1.17 bits per heavy atom. The molecule has 0 unspecified atom stereocenters. The van der Waals surface area contributed by atoms with Gasteiger partial charge in [-0.2, -0.15) is 0 Å². The molecule has 1 amide bonds. The van der Waals surface area contributed by atoms with E-state index in [0.717, 1.165) is 58.1 Å². The van der Waals surface area contributed by atoms with Crippen LogP contribution in [0.3, 0.4) is 0 Å². The van der Waals surface area contributed by atoms with Gasteiger partial charge in [-0.1, -0.05) is 17.2 Å². The lowest BCUT2D eigenvalue weighted by molar-refractivity contribution is -0.384. The maximum Gasteiger partial charge on any atom is 0.288 e. The molecule has 0 spiro atoms. The topological polar surface area (TPSA) is 76.3 Å². The first-order valence-electron chi connectivity index (χ1n) is 9.44. The van der Waals surface area contributed by atoms with Gasteiger partial charge in [-0.15, -0.1) is 0 Å². The van der Waals surface area contributed by atoms with Crippen LogP contribution in [0.15, 0.2) is 34.4 Å². The van der Waals surface area contributed by atoms with E-state index < -0.39 is 4.92 Å². The number of amides is 1. The van der Waals surface area contributed by atoms with Gasteiger partial charge in [-0.25, -0.2) is 0 Å². The van der Waals surface area contributed by atoms with Crippen molar-refractivity contribution in [3.8, 4) is 0 Å². The van der Waals surface area contributed by atoms with Gasteiger partial charge in [0.15, 0.2) is 0 Å². The zero-order valence-electron chi connectivity index (χ0n) is 15.9. The Kier molecular flexibility index (Phi) is 5.44. The summed E-state index contributed by atoms with van der Waals surface area (Å²) in [7, 11) is 0.